The number of halogens is 4. The molecule has 1 aromatic rings. The van der Waals surface area contributed by atoms with E-state index in [0.29, 0.717) is 18.2 Å². The number of hydrogen-bond acceptors (Lipinski definition) is 5. The second-order valence-electron chi connectivity index (χ2n) is 8.62. The fourth-order valence-corrected chi connectivity index (χ4v) is 3.27. The Kier molecular flexibility index (Phi) is 7.68. The molecule has 170 valence electrons. The molecule has 0 aromatic heterocycles. The standard InChI is InChI=1S/C20H28BrF3N2O4/c1-18(2,3)30-11-16(27)26-15-8-13(29-6-5-21)7-14(20(22,23)24)17(15)25-12-9-19(4,28)10-12/h7-8,12,25,28H,5-6,9-11H2,1-4H3,(H,26,27). The lowest BCUT2D eigenvalue weighted by Crippen LogP contribution is -2.48. The second-order valence-corrected chi connectivity index (χ2v) is 9.42. The van der Waals surface area contributed by atoms with Crippen LogP contribution in [-0.2, 0) is 15.7 Å². The van der Waals surface area contributed by atoms with Gasteiger partial charge in [0.05, 0.1) is 34.7 Å². The van der Waals surface area contributed by atoms with Crippen LogP contribution < -0.4 is 15.4 Å². The third kappa shape index (κ3) is 7.31. The molecule has 1 fully saturated rings. The molecule has 0 spiro atoms. The van der Waals surface area contributed by atoms with E-state index in [1.807, 2.05) is 0 Å². The van der Waals surface area contributed by atoms with Crippen LogP contribution in [-0.4, -0.2) is 46.8 Å². The van der Waals surface area contributed by atoms with Gasteiger partial charge in [0.2, 0.25) is 5.91 Å². The van der Waals surface area contributed by atoms with Crippen molar-refractivity contribution in [2.45, 2.75) is 64.0 Å². The number of ether oxygens (including phenoxy) is 2. The molecular weight excluding hydrogens is 469 g/mol. The lowest BCUT2D eigenvalue weighted by molar-refractivity contribution is -0.137. The summed E-state index contributed by atoms with van der Waals surface area (Å²) in [5.41, 5.74) is -2.75. The number of aliphatic hydroxyl groups is 1. The minimum Gasteiger partial charge on any atom is -0.493 e. The highest BCUT2D eigenvalue weighted by molar-refractivity contribution is 9.09. The number of hydrogen-bond donors (Lipinski definition) is 3. The summed E-state index contributed by atoms with van der Waals surface area (Å²) >= 11 is 3.17. The van der Waals surface area contributed by atoms with E-state index < -0.39 is 28.8 Å². The average molecular weight is 497 g/mol. The second kappa shape index (κ2) is 9.32. The van der Waals surface area contributed by atoms with E-state index in [0.717, 1.165) is 6.07 Å². The van der Waals surface area contributed by atoms with Crippen LogP contribution in [0.5, 0.6) is 5.75 Å². The van der Waals surface area contributed by atoms with Gasteiger partial charge in [0.1, 0.15) is 12.4 Å². The fraction of sp³-hybridized carbons (Fsp3) is 0.650. The number of carbonyl (C=O) groups excluding carboxylic acids is 1. The van der Waals surface area contributed by atoms with Crippen LogP contribution in [0.3, 0.4) is 0 Å². The summed E-state index contributed by atoms with van der Waals surface area (Å²) in [5.74, 6) is -0.598. The van der Waals surface area contributed by atoms with E-state index in [9.17, 15) is 23.1 Å². The molecule has 0 atom stereocenters. The summed E-state index contributed by atoms with van der Waals surface area (Å²) in [6.07, 6.45) is -4.08. The summed E-state index contributed by atoms with van der Waals surface area (Å²) in [5, 5.41) is 15.7. The number of nitrogens with one attached hydrogen (secondary N) is 2. The van der Waals surface area contributed by atoms with Crippen molar-refractivity contribution in [3.05, 3.63) is 17.7 Å². The third-order valence-corrected chi connectivity index (χ3v) is 4.72. The van der Waals surface area contributed by atoms with Crippen LogP contribution in [0.2, 0.25) is 0 Å². The molecule has 30 heavy (non-hydrogen) atoms. The van der Waals surface area contributed by atoms with Gasteiger partial charge >= 0.3 is 6.18 Å². The quantitative estimate of drug-likeness (QED) is 0.459. The van der Waals surface area contributed by atoms with Crippen LogP contribution >= 0.6 is 15.9 Å². The van der Waals surface area contributed by atoms with Crippen LogP contribution in [0.1, 0.15) is 46.1 Å². The van der Waals surface area contributed by atoms with Gasteiger partial charge in [-0.2, -0.15) is 13.2 Å². The minimum absolute atomic E-state index is 0.0139. The molecular formula is C20H28BrF3N2O4. The van der Waals surface area contributed by atoms with Crippen molar-refractivity contribution in [1.29, 1.82) is 0 Å². The maximum Gasteiger partial charge on any atom is 0.418 e. The van der Waals surface area contributed by atoms with Crippen LogP contribution in [0, 0.1) is 0 Å². The first-order valence-electron chi connectivity index (χ1n) is 9.57. The first kappa shape index (κ1) is 24.7. The molecule has 1 aromatic carbocycles. The summed E-state index contributed by atoms with van der Waals surface area (Å²) in [7, 11) is 0. The molecule has 1 saturated carbocycles. The Morgan fingerprint density at radius 3 is 2.43 bits per heavy atom. The maximum absolute atomic E-state index is 13.8. The van der Waals surface area contributed by atoms with Crippen molar-refractivity contribution >= 4 is 33.2 Å². The highest BCUT2D eigenvalue weighted by Crippen LogP contribution is 2.44. The van der Waals surface area contributed by atoms with Gasteiger partial charge in [0, 0.05) is 17.4 Å². The molecule has 3 N–H and O–H groups in total. The van der Waals surface area contributed by atoms with E-state index in [1.54, 1.807) is 27.7 Å². The number of benzene rings is 1. The zero-order valence-electron chi connectivity index (χ0n) is 17.5. The van der Waals surface area contributed by atoms with Crippen LogP contribution in [0.25, 0.3) is 0 Å². The van der Waals surface area contributed by atoms with Crippen molar-refractivity contribution in [2.75, 3.05) is 29.2 Å². The van der Waals surface area contributed by atoms with Crippen molar-refractivity contribution in [2.24, 2.45) is 0 Å². The number of alkyl halides is 4. The molecule has 0 radical (unpaired) electrons. The Balaban J connectivity index is 2.37. The smallest absolute Gasteiger partial charge is 0.418 e. The largest absolute Gasteiger partial charge is 0.493 e. The van der Waals surface area contributed by atoms with Gasteiger partial charge in [-0.3, -0.25) is 4.79 Å². The number of carbonyl (C=O) groups is 1. The molecule has 0 heterocycles. The summed E-state index contributed by atoms with van der Waals surface area (Å²) in [4.78, 5) is 12.3. The van der Waals surface area contributed by atoms with E-state index >= 15 is 0 Å². The summed E-state index contributed by atoms with van der Waals surface area (Å²) < 4.78 is 52.2. The van der Waals surface area contributed by atoms with Crippen molar-refractivity contribution < 1.29 is 32.5 Å². The molecule has 1 aliphatic carbocycles. The van der Waals surface area contributed by atoms with E-state index in [1.165, 1.54) is 6.07 Å². The molecule has 0 saturated heterocycles. The van der Waals surface area contributed by atoms with Crippen molar-refractivity contribution in [3.8, 4) is 5.75 Å². The highest BCUT2D eigenvalue weighted by Gasteiger charge is 2.41. The topological polar surface area (TPSA) is 79.8 Å². The van der Waals surface area contributed by atoms with Crippen molar-refractivity contribution in [3.63, 3.8) is 0 Å². The predicted octanol–water partition coefficient (Wildman–Crippen LogP) is 4.56. The van der Waals surface area contributed by atoms with Crippen LogP contribution in [0.4, 0.5) is 24.5 Å². The van der Waals surface area contributed by atoms with Gasteiger partial charge in [0.25, 0.3) is 0 Å². The SMILES string of the molecule is CC1(O)CC(Nc2c(NC(=O)COC(C)(C)C)cc(OCCBr)cc2C(F)(F)F)C1. The molecule has 2 rings (SSSR count). The first-order chi connectivity index (χ1) is 13.7. The molecule has 10 heteroatoms. The molecule has 1 aliphatic rings. The van der Waals surface area contributed by atoms with Crippen molar-refractivity contribution in [1.82, 2.24) is 0 Å². The van der Waals surface area contributed by atoms with Gasteiger partial charge < -0.3 is 25.2 Å². The lowest BCUT2D eigenvalue weighted by Gasteiger charge is -2.42. The molecule has 1 amide bonds. The molecule has 0 aliphatic heterocycles. The van der Waals surface area contributed by atoms with Gasteiger partial charge in [-0.1, -0.05) is 15.9 Å². The Morgan fingerprint density at radius 2 is 1.93 bits per heavy atom. The van der Waals surface area contributed by atoms with Gasteiger partial charge in [-0.25, -0.2) is 0 Å². The number of anilines is 2. The van der Waals surface area contributed by atoms with Gasteiger partial charge in [-0.15, -0.1) is 0 Å². The van der Waals surface area contributed by atoms with E-state index in [-0.39, 0.29) is 36.4 Å². The highest BCUT2D eigenvalue weighted by atomic mass is 79.9. The summed E-state index contributed by atoms with van der Waals surface area (Å²) in [6.45, 7) is 6.79. The van der Waals surface area contributed by atoms with E-state index in [4.69, 9.17) is 9.47 Å². The average Bonchev–Trinajstić information content (AvgIpc) is 2.56. The normalized spacial score (nSPS) is 21.7. The zero-order chi connectivity index (χ0) is 22.7. The fourth-order valence-electron chi connectivity index (χ4n) is 3.11. The minimum atomic E-state index is -4.68. The Morgan fingerprint density at radius 1 is 1.30 bits per heavy atom. The predicted molar refractivity (Wildman–Crippen MR) is 112 cm³/mol. The molecule has 0 unspecified atom stereocenters. The molecule has 0 bridgehead atoms. The molecule has 6 nitrogen and oxygen atoms in total. The van der Waals surface area contributed by atoms with Crippen LogP contribution in [0.15, 0.2) is 12.1 Å². The Labute approximate surface area is 182 Å². The first-order valence-corrected chi connectivity index (χ1v) is 10.7. The Hall–Kier alpha value is -1.52. The lowest BCUT2D eigenvalue weighted by atomic mass is 9.77. The number of rotatable bonds is 8. The zero-order valence-corrected chi connectivity index (χ0v) is 19.0. The van der Waals surface area contributed by atoms with E-state index in [2.05, 4.69) is 26.6 Å². The Bertz CT molecular complexity index is 756. The third-order valence-electron chi connectivity index (χ3n) is 4.39. The van der Waals surface area contributed by atoms with Gasteiger partial charge in [0.15, 0.2) is 0 Å². The maximum atomic E-state index is 13.8. The number of amides is 1. The summed E-state index contributed by atoms with van der Waals surface area (Å²) in [6, 6.07) is 1.91. The van der Waals surface area contributed by atoms with Gasteiger partial charge in [-0.05, 0) is 46.6 Å². The monoisotopic (exact) mass is 496 g/mol.